The largest absolute Gasteiger partial charge is 0.352 e. The summed E-state index contributed by atoms with van der Waals surface area (Å²) in [6, 6.07) is 25.7. The van der Waals surface area contributed by atoms with Crippen LogP contribution in [0.25, 0.3) is 6.08 Å². The number of non-ortho nitro benzene ring substituents is 1. The Hall–Kier alpha value is -5.17. The van der Waals surface area contributed by atoms with Crippen LogP contribution < -0.4 is 4.90 Å². The third kappa shape index (κ3) is 3.35. The molecule has 0 N–H and O–H groups in total. The molecule has 1 saturated heterocycles. The first-order valence-electron chi connectivity index (χ1n) is 13.4. The summed E-state index contributed by atoms with van der Waals surface area (Å²) in [5, 5.41) is 11.9. The molecule has 0 saturated carbocycles. The van der Waals surface area contributed by atoms with Gasteiger partial charge in [-0.1, -0.05) is 91.0 Å². The molecule has 1 fully saturated rings. The van der Waals surface area contributed by atoms with Crippen LogP contribution in [0.1, 0.15) is 53.7 Å². The first-order chi connectivity index (χ1) is 19.8. The Morgan fingerprint density at radius 3 is 2.22 bits per heavy atom. The number of rotatable bonds is 4. The van der Waals surface area contributed by atoms with Gasteiger partial charge in [0.2, 0.25) is 0 Å². The molecule has 4 aromatic carbocycles. The zero-order valence-electron chi connectivity index (χ0n) is 22.1. The van der Waals surface area contributed by atoms with Gasteiger partial charge in [0.05, 0.1) is 11.0 Å². The molecule has 3 aliphatic rings. The van der Waals surface area contributed by atoms with Crippen LogP contribution in [-0.2, 0) is 0 Å². The van der Waals surface area contributed by atoms with Crippen molar-refractivity contribution in [3.8, 4) is 0 Å². The van der Waals surface area contributed by atoms with Crippen molar-refractivity contribution in [1.29, 1.82) is 0 Å². The van der Waals surface area contributed by atoms with E-state index >= 15 is 0 Å². The van der Waals surface area contributed by atoms with Gasteiger partial charge in [0.1, 0.15) is 11.5 Å². The van der Waals surface area contributed by atoms with E-state index in [4.69, 9.17) is 0 Å². The van der Waals surface area contributed by atoms with E-state index in [1.807, 2.05) is 48.2 Å². The first-order valence-corrected chi connectivity index (χ1v) is 13.4. The fourth-order valence-electron chi connectivity index (χ4n) is 7.05. The lowest BCUT2D eigenvalue weighted by Crippen LogP contribution is -2.48. The normalized spacial score (nSPS) is 21.5. The molecule has 41 heavy (non-hydrogen) atoms. The molecule has 0 unspecified atom stereocenters. The monoisotopic (exact) mass is 540 g/mol. The van der Waals surface area contributed by atoms with Gasteiger partial charge in [0.15, 0.2) is 17.3 Å². The van der Waals surface area contributed by atoms with Gasteiger partial charge in [0, 0.05) is 40.4 Å². The maximum absolute atomic E-state index is 14.6. The van der Waals surface area contributed by atoms with E-state index in [9.17, 15) is 24.5 Å². The van der Waals surface area contributed by atoms with E-state index < -0.39 is 28.3 Å². The van der Waals surface area contributed by atoms with Crippen molar-refractivity contribution in [3.05, 3.63) is 147 Å². The van der Waals surface area contributed by atoms with Gasteiger partial charge < -0.3 is 4.90 Å². The van der Waals surface area contributed by atoms with Crippen LogP contribution in [0.3, 0.4) is 0 Å². The molecule has 2 heterocycles. The number of hydrogen-bond donors (Lipinski definition) is 0. The van der Waals surface area contributed by atoms with Gasteiger partial charge in [0.25, 0.3) is 5.69 Å². The minimum atomic E-state index is -1.70. The quantitative estimate of drug-likeness (QED) is 0.132. The molecule has 4 aromatic rings. The van der Waals surface area contributed by atoms with E-state index in [0.717, 1.165) is 16.8 Å². The second kappa shape index (κ2) is 8.93. The lowest BCUT2D eigenvalue weighted by molar-refractivity contribution is -0.384. The molecule has 2 aliphatic heterocycles. The van der Waals surface area contributed by atoms with Gasteiger partial charge in [-0.05, 0) is 29.7 Å². The maximum Gasteiger partial charge on any atom is 0.269 e. The van der Waals surface area contributed by atoms with E-state index in [0.29, 0.717) is 22.3 Å². The molecule has 1 spiro atoms. The number of ketones is 3. The summed E-state index contributed by atoms with van der Waals surface area (Å²) >= 11 is 0. The predicted molar refractivity (Wildman–Crippen MR) is 154 cm³/mol. The number of fused-ring (bicyclic) bond motifs is 5. The fraction of sp³-hybridized carbons (Fsp3) is 0.147. The van der Waals surface area contributed by atoms with Crippen LogP contribution in [0.4, 0.5) is 11.4 Å². The van der Waals surface area contributed by atoms with Crippen molar-refractivity contribution in [3.63, 3.8) is 0 Å². The van der Waals surface area contributed by atoms with Crippen LogP contribution in [-0.4, -0.2) is 34.4 Å². The van der Waals surface area contributed by atoms with Crippen LogP contribution >= 0.6 is 0 Å². The topological polar surface area (TPSA) is 97.6 Å². The Morgan fingerprint density at radius 1 is 0.854 bits per heavy atom. The number of Topliss-reactive ketones (excluding diaryl/α,β-unsaturated/α-hetero) is 3. The third-order valence-electron chi connectivity index (χ3n) is 8.73. The number of hydrogen-bond acceptors (Lipinski definition) is 6. The number of benzene rings is 4. The summed E-state index contributed by atoms with van der Waals surface area (Å²) in [5.41, 5.74) is 2.15. The standard InChI is InChI=1S/C34H24N2O5/c1-20-14-15-21-16-17-28-34(32(38)25-12-5-6-13-26(25)33(34)39)29(23-10-7-11-24(19-23)36(40)41)30(35(28)27(21)18-20)31(37)22-8-3-2-4-9-22/h2-19,28-30H,1H3/t28-,29+,30+/m1/s1. The zero-order valence-corrected chi connectivity index (χ0v) is 22.1. The van der Waals surface area contributed by atoms with Crippen molar-refractivity contribution in [1.82, 2.24) is 0 Å². The second-order valence-corrected chi connectivity index (χ2v) is 10.9. The van der Waals surface area contributed by atoms with E-state index in [2.05, 4.69) is 0 Å². The Kier molecular flexibility index (Phi) is 5.41. The molecular formula is C34H24N2O5. The average Bonchev–Trinajstić information content (AvgIpc) is 3.43. The van der Waals surface area contributed by atoms with Crippen molar-refractivity contribution in [2.75, 3.05) is 4.90 Å². The minimum Gasteiger partial charge on any atom is -0.352 e. The van der Waals surface area contributed by atoms with Crippen LogP contribution in [0.5, 0.6) is 0 Å². The smallest absolute Gasteiger partial charge is 0.269 e. The third-order valence-corrected chi connectivity index (χ3v) is 8.73. The molecule has 0 aromatic heterocycles. The molecule has 3 atom stereocenters. The highest BCUT2D eigenvalue weighted by Gasteiger charge is 2.71. The Labute approximate surface area is 235 Å². The summed E-state index contributed by atoms with van der Waals surface area (Å²) in [5.74, 6) is -1.99. The number of nitro groups is 1. The highest BCUT2D eigenvalue weighted by atomic mass is 16.6. The number of aryl methyl sites for hydroxylation is 1. The average molecular weight is 541 g/mol. The summed E-state index contributed by atoms with van der Waals surface area (Å²) in [6.45, 7) is 1.95. The molecule has 7 nitrogen and oxygen atoms in total. The number of carbonyl (C=O) groups excluding carboxylic acids is 3. The van der Waals surface area contributed by atoms with Crippen molar-refractivity contribution < 1.29 is 19.3 Å². The summed E-state index contributed by atoms with van der Waals surface area (Å²) in [6.07, 6.45) is 3.75. The highest BCUT2D eigenvalue weighted by molar-refractivity contribution is 6.32. The minimum absolute atomic E-state index is 0.171. The van der Waals surface area contributed by atoms with Gasteiger partial charge in [-0.3, -0.25) is 24.5 Å². The lowest BCUT2D eigenvalue weighted by Gasteiger charge is -2.37. The lowest BCUT2D eigenvalue weighted by atomic mass is 9.64. The van der Waals surface area contributed by atoms with E-state index in [1.54, 1.807) is 60.7 Å². The van der Waals surface area contributed by atoms with E-state index in [-0.39, 0.29) is 23.0 Å². The van der Waals surface area contributed by atoms with Crippen molar-refractivity contribution in [2.45, 2.75) is 24.9 Å². The Morgan fingerprint density at radius 2 is 1.54 bits per heavy atom. The van der Waals surface area contributed by atoms with Crippen LogP contribution in [0.2, 0.25) is 0 Å². The summed E-state index contributed by atoms with van der Waals surface area (Å²) in [4.78, 5) is 57.2. The number of carbonyl (C=O) groups is 3. The molecule has 1 aliphatic carbocycles. The number of nitro benzene ring substituents is 1. The van der Waals surface area contributed by atoms with Gasteiger partial charge in [-0.15, -0.1) is 0 Å². The molecule has 7 rings (SSSR count). The summed E-state index contributed by atoms with van der Waals surface area (Å²) < 4.78 is 0. The van der Waals surface area contributed by atoms with Crippen molar-refractivity contribution >= 4 is 34.8 Å². The van der Waals surface area contributed by atoms with Crippen molar-refractivity contribution in [2.24, 2.45) is 5.41 Å². The molecule has 7 heteroatoms. The predicted octanol–water partition coefficient (Wildman–Crippen LogP) is 6.22. The zero-order chi connectivity index (χ0) is 28.5. The number of anilines is 1. The van der Waals surface area contributed by atoms with Crippen LogP contribution in [0, 0.1) is 22.5 Å². The molecular weight excluding hydrogens is 516 g/mol. The second-order valence-electron chi connectivity index (χ2n) is 10.9. The molecule has 0 radical (unpaired) electrons. The van der Waals surface area contributed by atoms with Gasteiger partial charge >= 0.3 is 0 Å². The summed E-state index contributed by atoms with van der Waals surface area (Å²) in [7, 11) is 0. The SMILES string of the molecule is Cc1ccc2c(c1)N1[C@H](C(=O)c3ccccc3)[C@H](c3cccc([N+](=O)[O-])c3)C3(C(=O)c4ccccc4C3=O)[C@H]1C=C2. The van der Waals surface area contributed by atoms with Gasteiger partial charge in [-0.25, -0.2) is 0 Å². The Balaban J connectivity index is 1.57. The van der Waals surface area contributed by atoms with E-state index in [1.165, 1.54) is 12.1 Å². The number of nitrogens with zero attached hydrogens (tertiary/aromatic N) is 2. The molecule has 0 bridgehead atoms. The highest BCUT2D eigenvalue weighted by Crippen LogP contribution is 2.61. The Bertz CT molecular complexity index is 1790. The molecule has 200 valence electrons. The van der Waals surface area contributed by atoms with Crippen LogP contribution in [0.15, 0.2) is 103 Å². The maximum atomic E-state index is 14.6. The first kappa shape index (κ1) is 24.8. The fourth-order valence-corrected chi connectivity index (χ4v) is 7.05. The van der Waals surface area contributed by atoms with Gasteiger partial charge in [-0.2, -0.15) is 0 Å². The molecule has 0 amide bonds.